The molecule has 8 nitrogen and oxygen atoms in total. The summed E-state index contributed by atoms with van der Waals surface area (Å²) < 4.78 is 0. The first-order valence-electron chi connectivity index (χ1n) is 7.34. The number of aryl methyl sites for hydroxylation is 2. The number of hydrogen-bond donors (Lipinski definition) is 2. The van der Waals surface area contributed by atoms with E-state index in [0.717, 1.165) is 5.56 Å². The van der Waals surface area contributed by atoms with E-state index in [2.05, 4.69) is 15.8 Å². The molecule has 0 radical (unpaired) electrons. The second-order valence-corrected chi connectivity index (χ2v) is 5.16. The van der Waals surface area contributed by atoms with E-state index in [-0.39, 0.29) is 17.1 Å². The summed E-state index contributed by atoms with van der Waals surface area (Å²) in [7, 11) is 0. The number of benzene rings is 1. The highest BCUT2D eigenvalue weighted by Gasteiger charge is 2.20. The molecule has 0 aliphatic heterocycles. The number of rotatable bonds is 6. The normalized spacial score (nSPS) is 10.1. The van der Waals surface area contributed by atoms with Crippen LogP contribution in [0.15, 0.2) is 36.4 Å². The van der Waals surface area contributed by atoms with Crippen molar-refractivity contribution in [3.63, 3.8) is 0 Å². The fourth-order valence-corrected chi connectivity index (χ4v) is 2.22. The molecule has 2 aromatic rings. The number of nitro groups is 1. The Bertz CT molecular complexity index is 734. The van der Waals surface area contributed by atoms with Crippen LogP contribution in [-0.2, 0) is 11.3 Å². The molecule has 1 aromatic carbocycles. The number of nitrogens with zero attached hydrogens (tertiary/aromatic N) is 2. The van der Waals surface area contributed by atoms with Crippen LogP contribution >= 0.6 is 0 Å². The van der Waals surface area contributed by atoms with Gasteiger partial charge < -0.3 is 10.2 Å². The van der Waals surface area contributed by atoms with Gasteiger partial charge in [0.1, 0.15) is 5.69 Å². The van der Waals surface area contributed by atoms with E-state index in [9.17, 15) is 14.9 Å². The van der Waals surface area contributed by atoms with Gasteiger partial charge >= 0.3 is 11.8 Å². The zero-order valence-electron chi connectivity index (χ0n) is 13.4. The highest BCUT2D eigenvalue weighted by atomic mass is 16.7. The number of anilines is 1. The van der Waals surface area contributed by atoms with Crippen LogP contribution in [-0.4, -0.2) is 22.5 Å². The van der Waals surface area contributed by atoms with Crippen molar-refractivity contribution in [1.29, 1.82) is 0 Å². The van der Waals surface area contributed by atoms with Crippen LogP contribution in [0.4, 0.5) is 16.2 Å². The number of carbonyl (C=O) groups excluding carboxylic acids is 1. The zero-order chi connectivity index (χ0) is 17.5. The fourth-order valence-electron chi connectivity index (χ4n) is 2.22. The molecule has 0 saturated heterocycles. The minimum atomic E-state index is -0.715. The Morgan fingerprint density at radius 1 is 1.29 bits per heavy atom. The van der Waals surface area contributed by atoms with E-state index in [4.69, 9.17) is 4.84 Å². The Labute approximate surface area is 139 Å². The van der Waals surface area contributed by atoms with Crippen molar-refractivity contribution >= 4 is 17.5 Å². The van der Waals surface area contributed by atoms with Gasteiger partial charge in [0.15, 0.2) is 5.69 Å². The van der Waals surface area contributed by atoms with Crippen LogP contribution in [0.25, 0.3) is 0 Å². The Morgan fingerprint density at radius 3 is 2.67 bits per heavy atom. The van der Waals surface area contributed by atoms with Gasteiger partial charge in [-0.1, -0.05) is 30.3 Å². The van der Waals surface area contributed by atoms with Gasteiger partial charge in [-0.25, -0.2) is 10.3 Å². The van der Waals surface area contributed by atoms with Gasteiger partial charge in [-0.2, -0.15) is 0 Å². The quantitative estimate of drug-likeness (QED) is 0.623. The minimum absolute atomic E-state index is 0.0863. The zero-order valence-corrected chi connectivity index (χ0v) is 13.4. The molecule has 126 valence electrons. The smallest absolute Gasteiger partial charge is 0.324 e. The largest absolute Gasteiger partial charge is 0.431 e. The Morgan fingerprint density at radius 2 is 2.00 bits per heavy atom. The predicted octanol–water partition coefficient (Wildman–Crippen LogP) is 2.90. The Balaban J connectivity index is 1.89. The molecule has 0 fully saturated rings. The van der Waals surface area contributed by atoms with Crippen LogP contribution in [0, 0.1) is 24.0 Å². The molecule has 0 spiro atoms. The Kier molecular flexibility index (Phi) is 5.67. The van der Waals surface area contributed by atoms with E-state index in [1.54, 1.807) is 6.92 Å². The lowest BCUT2D eigenvalue weighted by Crippen LogP contribution is -2.28. The van der Waals surface area contributed by atoms with Crippen molar-refractivity contribution in [1.82, 2.24) is 10.3 Å². The third kappa shape index (κ3) is 4.67. The van der Waals surface area contributed by atoms with Gasteiger partial charge in [0.05, 0.1) is 4.92 Å². The highest BCUT2D eigenvalue weighted by molar-refractivity contribution is 5.70. The minimum Gasteiger partial charge on any atom is -0.324 e. The lowest BCUT2D eigenvalue weighted by molar-refractivity contribution is -0.385. The van der Waals surface area contributed by atoms with Gasteiger partial charge in [-0.15, -0.1) is 0 Å². The molecule has 8 heteroatoms. The fraction of sp³-hybridized carbons (Fsp3) is 0.250. The summed E-state index contributed by atoms with van der Waals surface area (Å²) in [5, 5.41) is 13.7. The highest BCUT2D eigenvalue weighted by Crippen LogP contribution is 2.27. The van der Waals surface area contributed by atoms with Crippen LogP contribution in [0.3, 0.4) is 0 Å². The summed E-state index contributed by atoms with van der Waals surface area (Å²) in [6, 6.07) is 11.1. The molecule has 24 heavy (non-hydrogen) atoms. The van der Waals surface area contributed by atoms with Crippen LogP contribution in [0.5, 0.6) is 0 Å². The average Bonchev–Trinajstić information content (AvgIpc) is 2.53. The first kappa shape index (κ1) is 17.2. The van der Waals surface area contributed by atoms with Crippen molar-refractivity contribution in [2.75, 3.05) is 12.0 Å². The SMILES string of the molecule is Cc1cc(NOC(=O)NCCc2ccccc2)c([N+](=O)[O-])c(C)n1. The van der Waals surface area contributed by atoms with E-state index >= 15 is 0 Å². The summed E-state index contributed by atoms with van der Waals surface area (Å²) in [5.74, 6) is 0. The molecule has 1 amide bonds. The third-order valence-electron chi connectivity index (χ3n) is 3.26. The lowest BCUT2D eigenvalue weighted by atomic mass is 10.1. The maximum Gasteiger partial charge on any atom is 0.431 e. The molecular formula is C16H18N4O4. The molecule has 2 N–H and O–H groups in total. The number of hydrogen-bond acceptors (Lipinski definition) is 6. The topological polar surface area (TPSA) is 106 Å². The van der Waals surface area contributed by atoms with Crippen molar-refractivity contribution in [3.8, 4) is 0 Å². The molecule has 0 unspecified atom stereocenters. The number of aromatic nitrogens is 1. The van der Waals surface area contributed by atoms with Gasteiger partial charge in [0.25, 0.3) is 0 Å². The molecule has 2 rings (SSSR count). The van der Waals surface area contributed by atoms with Crippen molar-refractivity contribution in [2.45, 2.75) is 20.3 Å². The molecule has 0 saturated carbocycles. The standard InChI is InChI=1S/C16H18N4O4/c1-11-10-14(15(20(22)23)12(2)18-11)19-24-16(21)17-9-8-13-6-4-3-5-7-13/h3-7,10H,8-9H2,1-2H3,(H,17,21)(H,18,19). The van der Waals surface area contributed by atoms with Crippen molar-refractivity contribution in [3.05, 3.63) is 63.5 Å². The van der Waals surface area contributed by atoms with Crippen LogP contribution in [0.1, 0.15) is 17.0 Å². The van der Waals surface area contributed by atoms with Crippen LogP contribution in [0.2, 0.25) is 0 Å². The lowest BCUT2D eigenvalue weighted by Gasteiger charge is -2.10. The molecule has 1 aromatic heterocycles. The average molecular weight is 330 g/mol. The van der Waals surface area contributed by atoms with Gasteiger partial charge in [-0.3, -0.25) is 15.1 Å². The second-order valence-electron chi connectivity index (χ2n) is 5.16. The van der Waals surface area contributed by atoms with E-state index < -0.39 is 11.0 Å². The van der Waals surface area contributed by atoms with Crippen LogP contribution < -0.4 is 10.8 Å². The first-order chi connectivity index (χ1) is 11.5. The number of carbonyl (C=O) groups is 1. The molecule has 0 aliphatic rings. The number of pyridine rings is 1. The molecule has 0 atom stereocenters. The second kappa shape index (κ2) is 7.91. The summed E-state index contributed by atoms with van der Waals surface area (Å²) in [4.78, 5) is 31.1. The Hall–Kier alpha value is -3.16. The predicted molar refractivity (Wildman–Crippen MR) is 88.6 cm³/mol. The van der Waals surface area contributed by atoms with Gasteiger partial charge in [0, 0.05) is 12.2 Å². The molecule has 0 bridgehead atoms. The first-order valence-corrected chi connectivity index (χ1v) is 7.34. The number of nitrogens with one attached hydrogen (secondary N) is 2. The van der Waals surface area contributed by atoms with Gasteiger partial charge in [0.2, 0.25) is 0 Å². The van der Waals surface area contributed by atoms with E-state index in [1.165, 1.54) is 13.0 Å². The third-order valence-corrected chi connectivity index (χ3v) is 3.26. The summed E-state index contributed by atoms with van der Waals surface area (Å²) in [6.07, 6.45) is -0.0591. The monoisotopic (exact) mass is 330 g/mol. The van der Waals surface area contributed by atoms with Crippen molar-refractivity contribution < 1.29 is 14.6 Å². The molecule has 1 heterocycles. The van der Waals surface area contributed by atoms with Crippen molar-refractivity contribution in [2.24, 2.45) is 0 Å². The maximum absolute atomic E-state index is 11.7. The molecule has 0 aliphatic carbocycles. The summed E-state index contributed by atoms with van der Waals surface area (Å²) >= 11 is 0. The number of amides is 1. The van der Waals surface area contributed by atoms with Gasteiger partial charge in [-0.05, 0) is 31.9 Å². The summed E-state index contributed by atoms with van der Waals surface area (Å²) in [6.45, 7) is 3.61. The maximum atomic E-state index is 11.7. The summed E-state index contributed by atoms with van der Waals surface area (Å²) in [5.41, 5.74) is 4.10. The van der Waals surface area contributed by atoms with E-state index in [0.29, 0.717) is 18.7 Å². The van der Waals surface area contributed by atoms with E-state index in [1.807, 2.05) is 30.3 Å². The molecular weight excluding hydrogens is 312 g/mol.